The van der Waals surface area contributed by atoms with E-state index in [1.165, 1.54) is 36.2 Å². The second kappa shape index (κ2) is 6.84. The van der Waals surface area contributed by atoms with Gasteiger partial charge < -0.3 is 15.2 Å². The van der Waals surface area contributed by atoms with E-state index in [4.69, 9.17) is 4.74 Å². The Morgan fingerprint density at radius 1 is 1.21 bits per heavy atom. The first-order chi connectivity index (χ1) is 13.8. The van der Waals surface area contributed by atoms with Crippen LogP contribution < -0.4 is 10.1 Å². The number of carbonyl (C=O) groups excluding carboxylic acids is 1. The van der Waals surface area contributed by atoms with Crippen LogP contribution in [0.5, 0.6) is 11.5 Å². The maximum absolute atomic E-state index is 12.8. The van der Waals surface area contributed by atoms with Crippen LogP contribution in [0.1, 0.15) is 29.2 Å². The number of alkyl halides is 3. The van der Waals surface area contributed by atoms with Crippen LogP contribution in [0.25, 0.3) is 5.69 Å². The molecule has 1 atom stereocenters. The standard InChI is InChI=1S/C20H16F3N3O3/c1-29-16-8-11(2-7-15(16)27)14-9-17(28)25-19-18(14)24-10-26(19)13-5-3-12(4-6-13)20(21,22)23/h2-8,10,14,27H,9H2,1H3,(H,25,28)/t14-/m0/s1. The van der Waals surface area contributed by atoms with Crippen molar-refractivity contribution in [1.29, 1.82) is 0 Å². The number of phenols is 1. The Morgan fingerprint density at radius 3 is 2.59 bits per heavy atom. The number of aromatic nitrogens is 2. The Kier molecular flexibility index (Phi) is 4.45. The van der Waals surface area contributed by atoms with Crippen LogP contribution in [0, 0.1) is 0 Å². The number of phenolic OH excluding ortho intramolecular Hbond substituents is 1. The van der Waals surface area contributed by atoms with E-state index >= 15 is 0 Å². The smallest absolute Gasteiger partial charge is 0.416 e. The Hall–Kier alpha value is -3.49. The van der Waals surface area contributed by atoms with Gasteiger partial charge in [-0.2, -0.15) is 13.2 Å². The molecule has 2 aromatic carbocycles. The molecular formula is C20H16F3N3O3. The zero-order chi connectivity index (χ0) is 20.8. The highest BCUT2D eigenvalue weighted by Gasteiger charge is 2.32. The fourth-order valence-electron chi connectivity index (χ4n) is 3.40. The molecular weight excluding hydrogens is 387 g/mol. The first-order valence-electron chi connectivity index (χ1n) is 8.69. The first kappa shape index (κ1) is 18.9. The highest BCUT2D eigenvalue weighted by atomic mass is 19.4. The van der Waals surface area contributed by atoms with Crippen LogP contribution in [0.15, 0.2) is 48.8 Å². The van der Waals surface area contributed by atoms with Crippen LogP contribution in [0.3, 0.4) is 0 Å². The molecule has 1 aliphatic heterocycles. The van der Waals surface area contributed by atoms with Crippen LogP contribution >= 0.6 is 0 Å². The lowest BCUT2D eigenvalue weighted by Gasteiger charge is -2.24. The summed E-state index contributed by atoms with van der Waals surface area (Å²) in [6.07, 6.45) is -2.82. The number of carbonyl (C=O) groups is 1. The number of hydrogen-bond donors (Lipinski definition) is 2. The molecule has 0 spiro atoms. The number of anilines is 1. The molecule has 0 bridgehead atoms. The van der Waals surface area contributed by atoms with Gasteiger partial charge in [0, 0.05) is 18.0 Å². The number of ether oxygens (including phenoxy) is 1. The van der Waals surface area contributed by atoms with Crippen LogP contribution in [-0.2, 0) is 11.0 Å². The number of halogens is 3. The lowest BCUT2D eigenvalue weighted by Crippen LogP contribution is -2.25. The maximum atomic E-state index is 12.8. The average Bonchev–Trinajstić information content (AvgIpc) is 3.11. The monoisotopic (exact) mass is 403 g/mol. The maximum Gasteiger partial charge on any atom is 0.416 e. The molecule has 0 fully saturated rings. The SMILES string of the molecule is COc1cc([C@@H]2CC(=O)Nc3c2ncn3-c2ccc(C(F)(F)F)cc2)ccc1O. The molecule has 2 N–H and O–H groups in total. The van der Waals surface area contributed by atoms with Crippen molar-refractivity contribution < 1.29 is 27.8 Å². The molecule has 0 saturated heterocycles. The average molecular weight is 403 g/mol. The van der Waals surface area contributed by atoms with Gasteiger partial charge in [-0.05, 0) is 42.0 Å². The molecule has 1 amide bonds. The minimum Gasteiger partial charge on any atom is -0.504 e. The highest BCUT2D eigenvalue weighted by molar-refractivity contribution is 5.94. The first-order valence-corrected chi connectivity index (χ1v) is 8.69. The van der Waals surface area contributed by atoms with E-state index in [0.717, 1.165) is 17.7 Å². The molecule has 0 radical (unpaired) electrons. The number of nitrogens with one attached hydrogen (secondary N) is 1. The molecule has 29 heavy (non-hydrogen) atoms. The lowest BCUT2D eigenvalue weighted by atomic mass is 9.89. The summed E-state index contributed by atoms with van der Waals surface area (Å²) in [5.74, 6) is 0.0226. The van der Waals surface area contributed by atoms with Crippen molar-refractivity contribution >= 4 is 11.7 Å². The van der Waals surface area contributed by atoms with Crippen molar-refractivity contribution in [3.8, 4) is 17.2 Å². The summed E-state index contributed by atoms with van der Waals surface area (Å²) in [7, 11) is 1.43. The molecule has 1 aliphatic rings. The number of imidazole rings is 1. The minimum atomic E-state index is -4.43. The molecule has 1 aromatic heterocycles. The van der Waals surface area contributed by atoms with E-state index in [-0.39, 0.29) is 29.7 Å². The van der Waals surface area contributed by atoms with E-state index in [9.17, 15) is 23.1 Å². The van der Waals surface area contributed by atoms with Gasteiger partial charge in [-0.25, -0.2) is 4.98 Å². The topological polar surface area (TPSA) is 76.4 Å². The van der Waals surface area contributed by atoms with Gasteiger partial charge in [0.25, 0.3) is 0 Å². The third kappa shape index (κ3) is 3.39. The van der Waals surface area contributed by atoms with E-state index in [1.807, 2.05) is 0 Å². The van der Waals surface area contributed by atoms with Crippen molar-refractivity contribution in [3.05, 3.63) is 65.6 Å². The van der Waals surface area contributed by atoms with Gasteiger partial charge in [0.15, 0.2) is 11.5 Å². The van der Waals surface area contributed by atoms with E-state index in [2.05, 4.69) is 10.3 Å². The summed E-state index contributed by atoms with van der Waals surface area (Å²) in [5.41, 5.74) is 0.995. The minimum absolute atomic E-state index is 0.0213. The van der Waals surface area contributed by atoms with Crippen molar-refractivity contribution in [3.63, 3.8) is 0 Å². The van der Waals surface area contributed by atoms with Crippen LogP contribution in [0.2, 0.25) is 0 Å². The number of fused-ring (bicyclic) bond motifs is 1. The van der Waals surface area contributed by atoms with Crippen LogP contribution in [-0.4, -0.2) is 27.7 Å². The number of benzene rings is 2. The normalized spacial score (nSPS) is 16.3. The molecule has 6 nitrogen and oxygen atoms in total. The molecule has 3 aromatic rings. The Bertz CT molecular complexity index is 1070. The number of nitrogens with zero attached hydrogens (tertiary/aromatic N) is 2. The Morgan fingerprint density at radius 2 is 1.93 bits per heavy atom. The Balaban J connectivity index is 1.75. The van der Waals surface area contributed by atoms with Gasteiger partial charge in [0.2, 0.25) is 5.91 Å². The second-order valence-electron chi connectivity index (χ2n) is 6.63. The number of aromatic hydroxyl groups is 1. The number of methoxy groups -OCH3 is 1. The van der Waals surface area contributed by atoms with E-state index < -0.39 is 11.7 Å². The summed E-state index contributed by atoms with van der Waals surface area (Å²) in [4.78, 5) is 16.7. The number of rotatable bonds is 3. The molecule has 9 heteroatoms. The quantitative estimate of drug-likeness (QED) is 0.691. The molecule has 0 unspecified atom stereocenters. The van der Waals surface area contributed by atoms with Crippen LogP contribution in [0.4, 0.5) is 19.0 Å². The van der Waals surface area contributed by atoms with Gasteiger partial charge in [-0.1, -0.05) is 6.07 Å². The summed E-state index contributed by atoms with van der Waals surface area (Å²) < 4.78 is 45.1. The zero-order valence-corrected chi connectivity index (χ0v) is 15.2. The van der Waals surface area contributed by atoms with E-state index in [1.54, 1.807) is 12.1 Å². The predicted octanol–water partition coefficient (Wildman–Crippen LogP) is 4.08. The molecule has 2 heterocycles. The molecule has 150 valence electrons. The van der Waals surface area contributed by atoms with Gasteiger partial charge in [0.05, 0.1) is 18.4 Å². The van der Waals surface area contributed by atoms with Crippen molar-refractivity contribution in [2.75, 3.05) is 12.4 Å². The predicted molar refractivity (Wildman–Crippen MR) is 98.3 cm³/mol. The van der Waals surface area contributed by atoms with Gasteiger partial charge >= 0.3 is 6.18 Å². The van der Waals surface area contributed by atoms with Gasteiger partial charge in [0.1, 0.15) is 12.1 Å². The van der Waals surface area contributed by atoms with Gasteiger partial charge in [-0.15, -0.1) is 0 Å². The summed E-state index contributed by atoms with van der Waals surface area (Å²) >= 11 is 0. The fourth-order valence-corrected chi connectivity index (χ4v) is 3.40. The van der Waals surface area contributed by atoms with Crippen molar-refractivity contribution in [1.82, 2.24) is 9.55 Å². The lowest BCUT2D eigenvalue weighted by molar-refractivity contribution is -0.137. The van der Waals surface area contributed by atoms with Crippen molar-refractivity contribution in [2.45, 2.75) is 18.5 Å². The summed E-state index contributed by atoms with van der Waals surface area (Å²) in [6, 6.07) is 9.41. The summed E-state index contributed by atoms with van der Waals surface area (Å²) in [6.45, 7) is 0. The zero-order valence-electron chi connectivity index (χ0n) is 15.2. The summed E-state index contributed by atoms with van der Waals surface area (Å²) in [5, 5.41) is 12.6. The third-order valence-electron chi connectivity index (χ3n) is 4.85. The van der Waals surface area contributed by atoms with E-state index in [0.29, 0.717) is 17.2 Å². The largest absolute Gasteiger partial charge is 0.504 e. The second-order valence-corrected chi connectivity index (χ2v) is 6.63. The molecule has 0 saturated carbocycles. The highest BCUT2D eigenvalue weighted by Crippen LogP contribution is 2.40. The van der Waals surface area contributed by atoms with Gasteiger partial charge in [-0.3, -0.25) is 9.36 Å². The number of amides is 1. The molecule has 0 aliphatic carbocycles. The molecule has 4 rings (SSSR count). The third-order valence-corrected chi connectivity index (χ3v) is 4.85. The van der Waals surface area contributed by atoms with Crippen molar-refractivity contribution in [2.24, 2.45) is 0 Å². The number of hydrogen-bond acceptors (Lipinski definition) is 4. The Labute approximate surface area is 163 Å². The fraction of sp³-hybridized carbons (Fsp3) is 0.200.